The van der Waals surface area contributed by atoms with E-state index in [4.69, 9.17) is 5.73 Å². The molecule has 1 fully saturated rings. The van der Waals surface area contributed by atoms with Crippen molar-refractivity contribution in [3.63, 3.8) is 0 Å². The SMILES string of the molecule is CCC(N)Cc1ccc(N2CCC(C)C(C)C2)c(Br)c1. The lowest BCUT2D eigenvalue weighted by atomic mass is 9.88. The Kier molecular flexibility index (Phi) is 5.50. The molecule has 2 nitrogen and oxygen atoms in total. The van der Waals surface area contributed by atoms with E-state index >= 15 is 0 Å². The van der Waals surface area contributed by atoms with Gasteiger partial charge in [-0.1, -0.05) is 26.8 Å². The minimum Gasteiger partial charge on any atom is -0.370 e. The molecule has 1 aliphatic heterocycles. The summed E-state index contributed by atoms with van der Waals surface area (Å²) in [5.74, 6) is 1.61. The maximum absolute atomic E-state index is 6.04. The summed E-state index contributed by atoms with van der Waals surface area (Å²) in [7, 11) is 0. The Morgan fingerprint density at radius 3 is 2.70 bits per heavy atom. The molecule has 0 amide bonds. The summed E-state index contributed by atoms with van der Waals surface area (Å²) in [6.45, 7) is 9.20. The first-order chi connectivity index (χ1) is 9.51. The van der Waals surface area contributed by atoms with Crippen molar-refractivity contribution in [1.29, 1.82) is 0 Å². The molecule has 0 radical (unpaired) electrons. The average molecular weight is 339 g/mol. The van der Waals surface area contributed by atoms with Gasteiger partial charge in [-0.2, -0.15) is 0 Å². The summed E-state index contributed by atoms with van der Waals surface area (Å²) >= 11 is 3.75. The normalized spacial score (nSPS) is 24.8. The number of rotatable bonds is 4. The summed E-state index contributed by atoms with van der Waals surface area (Å²) in [5, 5.41) is 0. The molecule has 3 unspecified atom stereocenters. The van der Waals surface area contributed by atoms with Crippen LogP contribution in [0, 0.1) is 11.8 Å². The van der Waals surface area contributed by atoms with E-state index in [0.717, 1.165) is 37.8 Å². The van der Waals surface area contributed by atoms with Gasteiger partial charge >= 0.3 is 0 Å². The molecular weight excluding hydrogens is 312 g/mol. The maximum atomic E-state index is 6.04. The minimum atomic E-state index is 0.267. The second-order valence-corrected chi connectivity index (χ2v) is 7.20. The fourth-order valence-corrected chi connectivity index (χ4v) is 3.54. The zero-order valence-electron chi connectivity index (χ0n) is 12.9. The fraction of sp³-hybridized carbons (Fsp3) is 0.647. The molecule has 20 heavy (non-hydrogen) atoms. The highest BCUT2D eigenvalue weighted by Gasteiger charge is 2.23. The Labute approximate surface area is 131 Å². The van der Waals surface area contributed by atoms with Crippen molar-refractivity contribution in [1.82, 2.24) is 0 Å². The van der Waals surface area contributed by atoms with Gasteiger partial charge in [-0.25, -0.2) is 0 Å². The van der Waals surface area contributed by atoms with Gasteiger partial charge in [0.25, 0.3) is 0 Å². The van der Waals surface area contributed by atoms with Crippen LogP contribution in [-0.4, -0.2) is 19.1 Å². The lowest BCUT2D eigenvalue weighted by molar-refractivity contribution is 0.324. The van der Waals surface area contributed by atoms with Gasteiger partial charge in [0.15, 0.2) is 0 Å². The lowest BCUT2D eigenvalue weighted by Crippen LogP contribution is -2.38. The van der Waals surface area contributed by atoms with E-state index in [-0.39, 0.29) is 6.04 Å². The first-order valence-corrected chi connectivity index (χ1v) is 8.59. The molecule has 0 saturated carbocycles. The van der Waals surface area contributed by atoms with Crippen molar-refractivity contribution < 1.29 is 0 Å². The Hall–Kier alpha value is -0.540. The molecule has 0 aromatic heterocycles. The van der Waals surface area contributed by atoms with Crippen molar-refractivity contribution in [2.24, 2.45) is 17.6 Å². The van der Waals surface area contributed by atoms with Crippen molar-refractivity contribution >= 4 is 21.6 Å². The first kappa shape index (κ1) is 15.8. The number of nitrogens with two attached hydrogens (primary N) is 1. The standard InChI is InChI=1S/C17H27BrN2/c1-4-15(19)9-14-5-6-17(16(18)10-14)20-8-7-12(2)13(3)11-20/h5-6,10,12-13,15H,4,7-9,11,19H2,1-3H3. The van der Waals surface area contributed by atoms with Gasteiger partial charge in [-0.15, -0.1) is 0 Å². The first-order valence-electron chi connectivity index (χ1n) is 7.80. The Morgan fingerprint density at radius 1 is 1.35 bits per heavy atom. The number of hydrogen-bond acceptors (Lipinski definition) is 2. The average Bonchev–Trinajstić information content (AvgIpc) is 2.42. The third kappa shape index (κ3) is 3.76. The Bertz CT molecular complexity index is 447. The fourth-order valence-electron chi connectivity index (χ4n) is 2.86. The summed E-state index contributed by atoms with van der Waals surface area (Å²) in [6, 6.07) is 7.00. The molecule has 1 aliphatic rings. The predicted octanol–water partition coefficient (Wildman–Crippen LogP) is 4.21. The number of hydrogen-bond donors (Lipinski definition) is 1. The minimum absolute atomic E-state index is 0.267. The van der Waals surface area contributed by atoms with Crippen LogP contribution in [0.5, 0.6) is 0 Å². The number of anilines is 1. The van der Waals surface area contributed by atoms with E-state index < -0.39 is 0 Å². The summed E-state index contributed by atoms with van der Waals surface area (Å²) in [5.41, 5.74) is 8.70. The molecular formula is C17H27BrN2. The number of halogens is 1. The van der Waals surface area contributed by atoms with Gasteiger partial charge in [0.05, 0.1) is 5.69 Å². The molecule has 1 heterocycles. The summed E-state index contributed by atoms with van der Waals surface area (Å²) in [6.07, 6.45) is 3.28. The molecule has 0 aliphatic carbocycles. The van der Waals surface area contributed by atoms with E-state index in [1.54, 1.807) is 0 Å². The molecule has 3 atom stereocenters. The molecule has 2 rings (SSSR count). The highest BCUT2D eigenvalue weighted by atomic mass is 79.9. The molecule has 0 spiro atoms. The van der Waals surface area contributed by atoms with Crippen LogP contribution in [0.4, 0.5) is 5.69 Å². The molecule has 1 aromatic rings. The highest BCUT2D eigenvalue weighted by Crippen LogP contribution is 2.32. The van der Waals surface area contributed by atoms with E-state index in [2.05, 4.69) is 59.8 Å². The Balaban J connectivity index is 2.09. The van der Waals surface area contributed by atoms with Gasteiger partial charge in [0.1, 0.15) is 0 Å². The highest BCUT2D eigenvalue weighted by molar-refractivity contribution is 9.10. The summed E-state index contributed by atoms with van der Waals surface area (Å²) < 4.78 is 1.21. The van der Waals surface area contributed by atoms with E-state index in [1.807, 2.05) is 0 Å². The zero-order valence-corrected chi connectivity index (χ0v) is 14.5. The van der Waals surface area contributed by atoms with Gasteiger partial charge in [-0.05, 0) is 64.7 Å². The smallest absolute Gasteiger partial charge is 0.0510 e. The lowest BCUT2D eigenvalue weighted by Gasteiger charge is -2.37. The topological polar surface area (TPSA) is 29.3 Å². The number of nitrogens with zero attached hydrogens (tertiary/aromatic N) is 1. The van der Waals surface area contributed by atoms with Crippen molar-refractivity contribution in [3.8, 4) is 0 Å². The van der Waals surface area contributed by atoms with E-state index in [0.29, 0.717) is 0 Å². The van der Waals surface area contributed by atoms with Crippen molar-refractivity contribution in [3.05, 3.63) is 28.2 Å². The number of benzene rings is 1. The van der Waals surface area contributed by atoms with Gasteiger partial charge < -0.3 is 10.6 Å². The molecule has 2 N–H and O–H groups in total. The van der Waals surface area contributed by atoms with Crippen LogP contribution in [-0.2, 0) is 6.42 Å². The Morgan fingerprint density at radius 2 is 2.10 bits per heavy atom. The zero-order chi connectivity index (χ0) is 14.7. The second kappa shape index (κ2) is 6.95. The molecule has 1 saturated heterocycles. The quantitative estimate of drug-likeness (QED) is 0.890. The van der Waals surface area contributed by atoms with Crippen LogP contribution in [0.1, 0.15) is 39.2 Å². The largest absolute Gasteiger partial charge is 0.370 e. The van der Waals surface area contributed by atoms with Gasteiger partial charge in [0, 0.05) is 23.6 Å². The maximum Gasteiger partial charge on any atom is 0.0510 e. The van der Waals surface area contributed by atoms with Gasteiger partial charge in [-0.3, -0.25) is 0 Å². The molecule has 112 valence electrons. The van der Waals surface area contributed by atoms with Crippen LogP contribution in [0.25, 0.3) is 0 Å². The van der Waals surface area contributed by atoms with Crippen LogP contribution in [0.3, 0.4) is 0 Å². The molecule has 3 heteroatoms. The van der Waals surface area contributed by atoms with Crippen LogP contribution in [0.15, 0.2) is 22.7 Å². The molecule has 1 aromatic carbocycles. The predicted molar refractivity (Wildman–Crippen MR) is 91.3 cm³/mol. The second-order valence-electron chi connectivity index (χ2n) is 6.35. The van der Waals surface area contributed by atoms with Crippen LogP contribution in [0.2, 0.25) is 0 Å². The van der Waals surface area contributed by atoms with Crippen LogP contribution >= 0.6 is 15.9 Å². The van der Waals surface area contributed by atoms with Crippen molar-refractivity contribution in [2.75, 3.05) is 18.0 Å². The van der Waals surface area contributed by atoms with Crippen molar-refractivity contribution in [2.45, 2.75) is 46.1 Å². The summed E-state index contributed by atoms with van der Waals surface area (Å²) in [4.78, 5) is 2.51. The van der Waals surface area contributed by atoms with E-state index in [9.17, 15) is 0 Å². The third-order valence-corrected chi connectivity index (χ3v) is 5.34. The van der Waals surface area contributed by atoms with Gasteiger partial charge in [0.2, 0.25) is 0 Å². The third-order valence-electron chi connectivity index (χ3n) is 4.71. The van der Waals surface area contributed by atoms with Crippen LogP contribution < -0.4 is 10.6 Å². The monoisotopic (exact) mass is 338 g/mol. The van der Waals surface area contributed by atoms with E-state index in [1.165, 1.54) is 22.1 Å². The number of piperidine rings is 1. The molecule has 0 bridgehead atoms.